The van der Waals surface area contributed by atoms with Crippen LogP contribution in [0.2, 0.25) is 0 Å². The van der Waals surface area contributed by atoms with Crippen molar-refractivity contribution in [2.24, 2.45) is 0 Å². The molecule has 0 aliphatic carbocycles. The predicted molar refractivity (Wildman–Crippen MR) is 134 cm³/mol. The number of ether oxygens (including phenoxy) is 1. The maximum Gasteiger partial charge on any atom is 0.415 e. The normalized spacial score (nSPS) is 14.5. The molecule has 34 heavy (non-hydrogen) atoms. The van der Waals surface area contributed by atoms with Crippen molar-refractivity contribution in [2.75, 3.05) is 15.8 Å². The van der Waals surface area contributed by atoms with E-state index >= 15 is 0 Å². The van der Waals surface area contributed by atoms with Gasteiger partial charge in [-0.1, -0.05) is 60.2 Å². The van der Waals surface area contributed by atoms with Crippen LogP contribution in [0.3, 0.4) is 0 Å². The Labute approximate surface area is 200 Å². The van der Waals surface area contributed by atoms with Gasteiger partial charge in [0.25, 0.3) is 10.0 Å². The van der Waals surface area contributed by atoms with Crippen molar-refractivity contribution < 1.29 is 17.9 Å². The summed E-state index contributed by atoms with van der Waals surface area (Å²) in [4.78, 5) is 14.4. The Bertz CT molecular complexity index is 1370. The van der Waals surface area contributed by atoms with Gasteiger partial charge in [0.2, 0.25) is 0 Å². The number of nitrogens with zero attached hydrogens (tertiary/aromatic N) is 2. The minimum Gasteiger partial charge on any atom is -0.449 e. The predicted octanol–water partition coefficient (Wildman–Crippen LogP) is 5.21. The molecule has 0 fully saturated rings. The minimum atomic E-state index is -3.98. The Balaban J connectivity index is 1.78. The fourth-order valence-corrected chi connectivity index (χ4v) is 4.83. The second-order valence-electron chi connectivity index (χ2n) is 7.61. The molecule has 0 saturated carbocycles. The van der Waals surface area contributed by atoms with E-state index in [-0.39, 0.29) is 11.5 Å². The van der Waals surface area contributed by atoms with Crippen LogP contribution in [0.1, 0.15) is 18.1 Å². The summed E-state index contributed by atoms with van der Waals surface area (Å²) in [5.41, 5.74) is 2.85. The molecule has 1 aliphatic heterocycles. The number of carbonyl (C=O) groups is 1. The lowest BCUT2D eigenvalue weighted by Gasteiger charge is -2.30. The average Bonchev–Trinajstić information content (AvgIpc) is 2.85. The standard InChI is InChI=1S/C27H24N2O4S/c1-3-33-27(30)29-24(16-15-22-9-7-8-12-26(22)29)19-20-28(23-10-5-4-6-11-23)34(31,32)25-17-13-21(2)14-18-25/h4-18,24H,3H2,1-2H3. The van der Waals surface area contributed by atoms with E-state index in [0.717, 1.165) is 15.4 Å². The molecular formula is C27H24N2O4S. The largest absolute Gasteiger partial charge is 0.449 e. The fraction of sp³-hybridized carbons (Fsp3) is 0.148. The third-order valence-corrected chi connectivity index (χ3v) is 6.91. The number of amides is 1. The zero-order valence-electron chi connectivity index (χ0n) is 18.9. The van der Waals surface area contributed by atoms with Gasteiger partial charge in [0.1, 0.15) is 6.04 Å². The van der Waals surface area contributed by atoms with Crippen LogP contribution in [0.15, 0.2) is 89.8 Å². The molecule has 1 aliphatic rings. The molecule has 1 heterocycles. The van der Waals surface area contributed by atoms with Gasteiger partial charge in [-0.3, -0.25) is 4.90 Å². The first kappa shape index (κ1) is 23.1. The van der Waals surface area contributed by atoms with Crippen molar-refractivity contribution in [3.63, 3.8) is 0 Å². The molecule has 0 aromatic heterocycles. The summed E-state index contributed by atoms with van der Waals surface area (Å²) in [5, 5.41) is 0. The van der Waals surface area contributed by atoms with Gasteiger partial charge in [-0.15, -0.1) is 0 Å². The molecule has 0 N–H and O–H groups in total. The van der Waals surface area contributed by atoms with Crippen LogP contribution in [-0.4, -0.2) is 27.2 Å². The molecule has 3 aromatic rings. The Kier molecular flexibility index (Phi) is 6.71. The average molecular weight is 473 g/mol. The first-order chi connectivity index (χ1) is 16.4. The summed E-state index contributed by atoms with van der Waals surface area (Å²) >= 11 is 0. The van der Waals surface area contributed by atoms with E-state index in [0.29, 0.717) is 11.4 Å². The monoisotopic (exact) mass is 472 g/mol. The van der Waals surface area contributed by atoms with Crippen molar-refractivity contribution in [1.82, 2.24) is 0 Å². The smallest absolute Gasteiger partial charge is 0.415 e. The van der Waals surface area contributed by atoms with Crippen LogP contribution in [0.5, 0.6) is 0 Å². The van der Waals surface area contributed by atoms with E-state index < -0.39 is 22.2 Å². The molecule has 0 bridgehead atoms. The Morgan fingerprint density at radius 1 is 1.00 bits per heavy atom. The second-order valence-corrected chi connectivity index (χ2v) is 9.39. The number of anilines is 2. The zero-order chi connectivity index (χ0) is 24.1. The van der Waals surface area contributed by atoms with Crippen molar-refractivity contribution in [1.29, 1.82) is 0 Å². The maximum absolute atomic E-state index is 13.5. The van der Waals surface area contributed by atoms with Gasteiger partial charge < -0.3 is 4.74 Å². The molecule has 1 atom stereocenters. The molecule has 0 radical (unpaired) electrons. The van der Waals surface area contributed by atoms with Crippen LogP contribution in [0, 0.1) is 18.9 Å². The van der Waals surface area contributed by atoms with Gasteiger partial charge in [-0.05, 0) is 61.7 Å². The lowest BCUT2D eigenvalue weighted by atomic mass is 10.0. The highest BCUT2D eigenvalue weighted by Crippen LogP contribution is 2.30. The lowest BCUT2D eigenvalue weighted by Crippen LogP contribution is -2.41. The number of sulfonamides is 1. The summed E-state index contributed by atoms with van der Waals surface area (Å²) in [6.07, 6.45) is 3.07. The van der Waals surface area contributed by atoms with Crippen molar-refractivity contribution in [2.45, 2.75) is 24.8 Å². The summed E-state index contributed by atoms with van der Waals surface area (Å²) in [6, 6.07) is 24.8. The molecule has 1 amide bonds. The molecule has 172 valence electrons. The van der Waals surface area contributed by atoms with Gasteiger partial charge in [-0.25, -0.2) is 13.2 Å². The third-order valence-electron chi connectivity index (χ3n) is 5.26. The number of rotatable bonds is 4. The second kappa shape index (κ2) is 9.86. The molecule has 3 aromatic carbocycles. The summed E-state index contributed by atoms with van der Waals surface area (Å²) in [5.74, 6) is 2.97. The van der Waals surface area contributed by atoms with Gasteiger partial charge in [0.15, 0.2) is 0 Å². The first-order valence-corrected chi connectivity index (χ1v) is 12.3. The van der Waals surface area contributed by atoms with Crippen LogP contribution < -0.4 is 9.21 Å². The minimum absolute atomic E-state index is 0.128. The number of aryl methyl sites for hydroxylation is 1. The number of hydrogen-bond donors (Lipinski definition) is 0. The van der Waals surface area contributed by atoms with Crippen molar-refractivity contribution >= 4 is 33.6 Å². The van der Waals surface area contributed by atoms with Crippen LogP contribution in [-0.2, 0) is 14.8 Å². The van der Waals surface area contributed by atoms with E-state index in [2.05, 4.69) is 12.0 Å². The van der Waals surface area contributed by atoms with Crippen LogP contribution in [0.25, 0.3) is 6.08 Å². The highest BCUT2D eigenvalue weighted by Gasteiger charge is 2.29. The van der Waals surface area contributed by atoms with Gasteiger partial charge in [-0.2, -0.15) is 4.31 Å². The highest BCUT2D eigenvalue weighted by molar-refractivity contribution is 7.93. The van der Waals surface area contributed by atoms with Crippen LogP contribution in [0.4, 0.5) is 16.2 Å². The van der Waals surface area contributed by atoms with Crippen LogP contribution >= 0.6 is 0 Å². The Morgan fingerprint density at radius 2 is 1.68 bits per heavy atom. The number of benzene rings is 3. The van der Waals surface area contributed by atoms with E-state index in [1.807, 2.05) is 37.3 Å². The maximum atomic E-state index is 13.5. The van der Waals surface area contributed by atoms with Gasteiger partial charge in [0, 0.05) is 6.04 Å². The highest BCUT2D eigenvalue weighted by atomic mass is 32.2. The van der Waals surface area contributed by atoms with E-state index in [4.69, 9.17) is 4.74 Å². The van der Waals surface area contributed by atoms with Crippen molar-refractivity contribution in [3.8, 4) is 12.0 Å². The lowest BCUT2D eigenvalue weighted by molar-refractivity contribution is 0.159. The number of hydrogen-bond acceptors (Lipinski definition) is 4. The molecule has 6 nitrogen and oxygen atoms in total. The first-order valence-electron chi connectivity index (χ1n) is 10.8. The molecule has 1 unspecified atom stereocenters. The van der Waals surface area contributed by atoms with Gasteiger partial charge >= 0.3 is 6.09 Å². The summed E-state index contributed by atoms with van der Waals surface area (Å²) in [6.45, 7) is 3.83. The molecular weight excluding hydrogens is 448 g/mol. The van der Waals surface area contributed by atoms with E-state index in [9.17, 15) is 13.2 Å². The molecule has 4 rings (SSSR count). The topological polar surface area (TPSA) is 66.9 Å². The van der Waals surface area contributed by atoms with Gasteiger partial charge in [0.05, 0.1) is 22.9 Å². The fourth-order valence-electron chi connectivity index (χ4n) is 3.56. The Morgan fingerprint density at radius 3 is 2.38 bits per heavy atom. The van der Waals surface area contributed by atoms with Crippen molar-refractivity contribution in [3.05, 3.63) is 96.1 Å². The van der Waals surface area contributed by atoms with E-state index in [1.54, 1.807) is 67.6 Å². The zero-order valence-corrected chi connectivity index (χ0v) is 19.7. The third kappa shape index (κ3) is 4.68. The summed E-state index contributed by atoms with van der Waals surface area (Å²) in [7, 11) is -3.98. The molecule has 7 heteroatoms. The number of fused-ring (bicyclic) bond motifs is 1. The SMILES string of the molecule is CCOC(=O)N1c2ccccc2C=CC1C#CN(c1ccccc1)S(=O)(=O)c1ccc(C)cc1. The molecule has 0 spiro atoms. The Hall–Kier alpha value is -4.02. The quantitative estimate of drug-likeness (QED) is 0.386. The molecule has 0 saturated heterocycles. The number of carbonyl (C=O) groups excluding carboxylic acids is 1. The summed E-state index contributed by atoms with van der Waals surface area (Å²) < 4.78 is 33.4. The number of para-hydroxylation sites is 2. The van der Waals surface area contributed by atoms with E-state index in [1.165, 1.54) is 4.90 Å².